The molecule has 0 aliphatic rings. The maximum atomic E-state index is 10.7. The van der Waals surface area contributed by atoms with Gasteiger partial charge in [-0.15, -0.1) is 0 Å². The molecule has 6 heteroatoms. The second-order valence-corrected chi connectivity index (χ2v) is 5.53. The van der Waals surface area contributed by atoms with Crippen LogP contribution in [0.15, 0.2) is 28.9 Å². The minimum Gasteiger partial charge on any atom is -0.256 e. The molecule has 16 heavy (non-hydrogen) atoms. The number of nitrogens with zero attached hydrogens (tertiary/aromatic N) is 1. The molecule has 0 amide bonds. The molecule has 0 saturated heterocycles. The zero-order valence-corrected chi connectivity index (χ0v) is 11.2. The Hall–Kier alpha value is -0.650. The number of hydrogen-bond donors (Lipinski definition) is 1. The summed E-state index contributed by atoms with van der Waals surface area (Å²) in [6.45, 7) is 0. The van der Waals surface area contributed by atoms with E-state index in [0.29, 0.717) is 10.6 Å². The Labute approximate surface area is 108 Å². The van der Waals surface area contributed by atoms with Crippen molar-refractivity contribution in [2.24, 2.45) is 0 Å². The summed E-state index contributed by atoms with van der Waals surface area (Å²) in [5.41, 5.74) is 1.28. The van der Waals surface area contributed by atoms with Gasteiger partial charge in [-0.1, -0.05) is 27.5 Å². The molecule has 0 aliphatic heterocycles. The average molecular weight is 321 g/mol. The van der Waals surface area contributed by atoms with E-state index in [0.717, 1.165) is 15.4 Å². The van der Waals surface area contributed by atoms with Gasteiger partial charge >= 0.3 is 0 Å². The lowest BCUT2D eigenvalue weighted by Gasteiger charge is -2.04. The van der Waals surface area contributed by atoms with E-state index in [1.165, 1.54) is 6.20 Å². The van der Waals surface area contributed by atoms with Gasteiger partial charge in [0.15, 0.2) is 0 Å². The Morgan fingerprint density at radius 1 is 1.38 bits per heavy atom. The Balaban J connectivity index is 2.67. The van der Waals surface area contributed by atoms with Gasteiger partial charge in [0.25, 0.3) is 0 Å². The monoisotopic (exact) mass is 319 g/mol. The number of benzene rings is 1. The Kier molecular flexibility index (Phi) is 3.47. The van der Waals surface area contributed by atoms with Crippen molar-refractivity contribution in [3.8, 4) is 0 Å². The maximum Gasteiger partial charge on any atom is 0.144 e. The van der Waals surface area contributed by atoms with Crippen molar-refractivity contribution in [1.82, 2.24) is 4.98 Å². The highest BCUT2D eigenvalue weighted by Crippen LogP contribution is 2.28. The predicted octanol–water partition coefficient (Wildman–Crippen LogP) is 2.76. The topological polar surface area (TPSA) is 47.0 Å². The number of aromatic nitrogens is 1. The molecule has 0 atom stereocenters. The van der Waals surface area contributed by atoms with Gasteiger partial charge in [-0.05, 0) is 18.2 Å². The Morgan fingerprint density at radius 2 is 2.12 bits per heavy atom. The minimum absolute atomic E-state index is 0.0797. The van der Waals surface area contributed by atoms with Crippen LogP contribution in [0.2, 0.25) is 5.02 Å². The van der Waals surface area contributed by atoms with Crippen LogP contribution in [0.1, 0.15) is 5.56 Å². The van der Waals surface area contributed by atoms with Crippen LogP contribution in [0.5, 0.6) is 0 Å². The van der Waals surface area contributed by atoms with E-state index in [1.807, 2.05) is 18.2 Å². The van der Waals surface area contributed by atoms with Crippen LogP contribution in [0.4, 0.5) is 0 Å². The van der Waals surface area contributed by atoms with Crippen molar-refractivity contribution in [3.05, 3.63) is 39.5 Å². The van der Waals surface area contributed by atoms with Crippen molar-refractivity contribution < 1.29 is 8.42 Å². The molecule has 84 valence electrons. The van der Waals surface area contributed by atoms with Crippen LogP contribution in [0.25, 0.3) is 10.9 Å². The van der Waals surface area contributed by atoms with Crippen LogP contribution >= 0.6 is 27.5 Å². The predicted molar refractivity (Wildman–Crippen MR) is 68.5 cm³/mol. The van der Waals surface area contributed by atoms with Crippen molar-refractivity contribution in [2.75, 3.05) is 0 Å². The number of halogens is 2. The summed E-state index contributed by atoms with van der Waals surface area (Å²) in [5, 5.41) is 1.20. The normalized spacial score (nSPS) is 11.2. The highest BCUT2D eigenvalue weighted by molar-refractivity contribution is 9.10. The van der Waals surface area contributed by atoms with Gasteiger partial charge in [-0.25, -0.2) is 8.42 Å². The van der Waals surface area contributed by atoms with Crippen LogP contribution in [-0.2, 0) is 16.5 Å². The second-order valence-electron chi connectivity index (χ2n) is 3.25. The summed E-state index contributed by atoms with van der Waals surface area (Å²) in [4.78, 5) is 4.16. The molecule has 0 spiro atoms. The fourth-order valence-corrected chi connectivity index (χ4v) is 2.66. The van der Waals surface area contributed by atoms with Gasteiger partial charge in [0.2, 0.25) is 0 Å². The van der Waals surface area contributed by atoms with E-state index < -0.39 is 10.7 Å². The van der Waals surface area contributed by atoms with Crippen LogP contribution in [-0.4, -0.2) is 13.4 Å². The standard InChI is InChI=1S/C10H7BrClNO2S/c11-7-1-2-9-8(3-7)10(12)6(4-13-9)5-16(14)15/h1-4,16H,5H2. The highest BCUT2D eigenvalue weighted by Gasteiger charge is 2.07. The summed E-state index contributed by atoms with van der Waals surface area (Å²) in [6, 6.07) is 5.51. The molecule has 0 aliphatic carbocycles. The first-order chi connectivity index (χ1) is 7.58. The lowest BCUT2D eigenvalue weighted by Crippen LogP contribution is -1.91. The number of fused-ring (bicyclic) bond motifs is 1. The van der Waals surface area contributed by atoms with Crippen LogP contribution in [0, 0.1) is 0 Å². The highest BCUT2D eigenvalue weighted by atomic mass is 79.9. The third-order valence-electron chi connectivity index (χ3n) is 2.14. The van der Waals surface area contributed by atoms with E-state index in [4.69, 9.17) is 11.6 Å². The van der Waals surface area contributed by atoms with Crippen molar-refractivity contribution in [1.29, 1.82) is 0 Å². The summed E-state index contributed by atoms with van der Waals surface area (Å²) in [6.07, 6.45) is 1.50. The molecule has 0 unspecified atom stereocenters. The molecule has 3 nitrogen and oxygen atoms in total. The summed E-state index contributed by atoms with van der Waals surface area (Å²) < 4.78 is 22.2. The quantitative estimate of drug-likeness (QED) is 0.866. The van der Waals surface area contributed by atoms with E-state index in [2.05, 4.69) is 20.9 Å². The Morgan fingerprint density at radius 3 is 2.81 bits per heavy atom. The third kappa shape index (κ3) is 2.36. The van der Waals surface area contributed by atoms with Crippen molar-refractivity contribution in [3.63, 3.8) is 0 Å². The van der Waals surface area contributed by atoms with E-state index in [-0.39, 0.29) is 5.75 Å². The summed E-state index contributed by atoms with van der Waals surface area (Å²) >= 11 is 9.47. The Bertz CT molecular complexity index is 619. The molecule has 2 aromatic rings. The first-order valence-electron chi connectivity index (χ1n) is 4.42. The van der Waals surface area contributed by atoms with E-state index in [1.54, 1.807) is 0 Å². The lowest BCUT2D eigenvalue weighted by atomic mass is 10.2. The SMILES string of the molecule is O=[SH](=O)Cc1cnc2ccc(Br)cc2c1Cl. The van der Waals surface area contributed by atoms with Crippen LogP contribution < -0.4 is 0 Å². The van der Waals surface area contributed by atoms with Crippen LogP contribution in [0.3, 0.4) is 0 Å². The molecule has 1 heterocycles. The molecular weight excluding hydrogens is 314 g/mol. The molecule has 2 rings (SSSR count). The fourth-order valence-electron chi connectivity index (χ4n) is 1.42. The largest absolute Gasteiger partial charge is 0.256 e. The maximum absolute atomic E-state index is 10.7. The van der Waals surface area contributed by atoms with E-state index in [9.17, 15) is 8.42 Å². The minimum atomic E-state index is -2.49. The summed E-state index contributed by atoms with van der Waals surface area (Å²) in [7, 11) is -2.49. The molecule has 1 aromatic carbocycles. The molecule has 0 N–H and O–H groups in total. The summed E-state index contributed by atoms with van der Waals surface area (Å²) in [5.74, 6) is -0.0797. The number of pyridine rings is 1. The number of hydrogen-bond acceptors (Lipinski definition) is 3. The van der Waals surface area contributed by atoms with E-state index >= 15 is 0 Å². The van der Waals surface area contributed by atoms with Crippen molar-refractivity contribution in [2.45, 2.75) is 5.75 Å². The van der Waals surface area contributed by atoms with Gasteiger partial charge in [0.1, 0.15) is 10.7 Å². The molecule has 0 bridgehead atoms. The van der Waals surface area contributed by atoms with Gasteiger partial charge < -0.3 is 0 Å². The molecule has 0 fully saturated rings. The smallest absolute Gasteiger partial charge is 0.144 e. The second kappa shape index (κ2) is 4.69. The first kappa shape index (κ1) is 11.8. The number of rotatable bonds is 2. The average Bonchev–Trinajstić information content (AvgIpc) is 2.22. The zero-order chi connectivity index (χ0) is 11.7. The molecule has 0 radical (unpaired) electrons. The van der Waals surface area contributed by atoms with Crippen molar-refractivity contribution >= 4 is 49.1 Å². The third-order valence-corrected chi connectivity index (χ3v) is 3.67. The zero-order valence-electron chi connectivity index (χ0n) is 7.98. The number of thiol groups is 1. The van der Waals surface area contributed by atoms with Gasteiger partial charge in [0.05, 0.1) is 16.3 Å². The van der Waals surface area contributed by atoms with Gasteiger partial charge in [-0.2, -0.15) is 0 Å². The fraction of sp³-hybridized carbons (Fsp3) is 0.100. The molecule has 1 aromatic heterocycles. The first-order valence-corrected chi connectivity index (χ1v) is 6.96. The molecule has 0 saturated carbocycles. The lowest BCUT2D eigenvalue weighted by molar-refractivity contribution is 0.614. The van der Waals surface area contributed by atoms with Gasteiger partial charge in [-0.3, -0.25) is 4.98 Å². The molecular formula is C10H7BrClNO2S. The van der Waals surface area contributed by atoms with Gasteiger partial charge in [0, 0.05) is 21.6 Å².